The van der Waals surface area contributed by atoms with Crippen LogP contribution in [0.2, 0.25) is 0 Å². The highest BCUT2D eigenvalue weighted by atomic mass is 32.2. The summed E-state index contributed by atoms with van der Waals surface area (Å²) in [5.74, 6) is 1.69. The number of aryl methyl sites for hydroxylation is 2. The molecule has 0 bridgehead atoms. The van der Waals surface area contributed by atoms with Crippen molar-refractivity contribution in [2.75, 3.05) is 12.9 Å². The molecule has 0 N–H and O–H groups in total. The Morgan fingerprint density at radius 2 is 2.00 bits per heavy atom. The van der Waals surface area contributed by atoms with Crippen LogP contribution in [0, 0.1) is 6.92 Å². The molecule has 0 fully saturated rings. The van der Waals surface area contributed by atoms with Crippen LogP contribution in [0.15, 0.2) is 52.4 Å². The minimum absolute atomic E-state index is 0.0554. The van der Waals surface area contributed by atoms with E-state index in [2.05, 4.69) is 24.0 Å². The van der Waals surface area contributed by atoms with Gasteiger partial charge in [0.15, 0.2) is 4.80 Å². The van der Waals surface area contributed by atoms with Gasteiger partial charge in [-0.25, -0.2) is 0 Å². The maximum atomic E-state index is 12.2. The Morgan fingerprint density at radius 1 is 1.23 bits per heavy atom. The highest BCUT2D eigenvalue weighted by Crippen LogP contribution is 2.22. The average molecular weight is 387 g/mol. The highest BCUT2D eigenvalue weighted by Gasteiger charge is 2.07. The molecule has 0 atom stereocenters. The van der Waals surface area contributed by atoms with Crippen molar-refractivity contribution in [2.45, 2.75) is 24.7 Å². The van der Waals surface area contributed by atoms with E-state index < -0.39 is 0 Å². The van der Waals surface area contributed by atoms with Crippen molar-refractivity contribution in [3.05, 3.63) is 52.8 Å². The van der Waals surface area contributed by atoms with Gasteiger partial charge in [-0.3, -0.25) is 4.79 Å². The minimum Gasteiger partial charge on any atom is -0.497 e. The molecule has 0 saturated carbocycles. The Bertz CT molecular complexity index is 972. The molecule has 136 valence electrons. The van der Waals surface area contributed by atoms with E-state index in [0.29, 0.717) is 6.42 Å². The Kier molecular flexibility index (Phi) is 6.16. The predicted octanol–water partition coefficient (Wildman–Crippen LogP) is 4.56. The fourth-order valence-electron chi connectivity index (χ4n) is 2.75. The van der Waals surface area contributed by atoms with Crippen molar-refractivity contribution in [1.82, 2.24) is 4.57 Å². The zero-order valence-corrected chi connectivity index (χ0v) is 16.8. The maximum Gasteiger partial charge on any atom is 0.248 e. The number of hydrogen-bond donors (Lipinski definition) is 0. The van der Waals surface area contributed by atoms with Gasteiger partial charge in [-0.05, 0) is 55.0 Å². The van der Waals surface area contributed by atoms with Crippen molar-refractivity contribution in [2.24, 2.45) is 12.0 Å². The van der Waals surface area contributed by atoms with Gasteiger partial charge in [-0.1, -0.05) is 23.5 Å². The number of thioether (sulfide) groups is 1. The maximum absolute atomic E-state index is 12.2. The normalized spacial score (nSPS) is 11.9. The standard InChI is InChI=1S/C20H22N2O2S2/c1-14-6-4-7-17-19(14)22(2)20(26-17)21-18(23)8-5-13-25-16-11-9-15(24-3)10-12-16/h4,6-7,9-12H,5,8,13H2,1-3H3. The van der Waals surface area contributed by atoms with E-state index in [1.807, 2.05) is 41.9 Å². The summed E-state index contributed by atoms with van der Waals surface area (Å²) in [6.45, 7) is 2.08. The lowest BCUT2D eigenvalue weighted by atomic mass is 10.2. The van der Waals surface area contributed by atoms with Crippen LogP contribution < -0.4 is 9.54 Å². The summed E-state index contributed by atoms with van der Waals surface area (Å²) in [7, 11) is 3.63. The van der Waals surface area contributed by atoms with Gasteiger partial charge in [0.05, 0.1) is 17.3 Å². The van der Waals surface area contributed by atoms with Crippen molar-refractivity contribution in [3.63, 3.8) is 0 Å². The first-order valence-electron chi connectivity index (χ1n) is 8.48. The molecule has 6 heteroatoms. The van der Waals surface area contributed by atoms with Crippen LogP contribution in [0.25, 0.3) is 10.2 Å². The molecule has 0 radical (unpaired) electrons. The van der Waals surface area contributed by atoms with Gasteiger partial charge < -0.3 is 9.30 Å². The van der Waals surface area contributed by atoms with Crippen LogP contribution in [-0.4, -0.2) is 23.3 Å². The Balaban J connectivity index is 1.58. The van der Waals surface area contributed by atoms with Gasteiger partial charge >= 0.3 is 0 Å². The van der Waals surface area contributed by atoms with E-state index in [4.69, 9.17) is 4.74 Å². The fourth-order valence-corrected chi connectivity index (χ4v) is 4.72. The number of fused-ring (bicyclic) bond motifs is 1. The summed E-state index contributed by atoms with van der Waals surface area (Å²) >= 11 is 3.31. The van der Waals surface area contributed by atoms with Crippen LogP contribution >= 0.6 is 23.1 Å². The van der Waals surface area contributed by atoms with E-state index in [-0.39, 0.29) is 5.91 Å². The third kappa shape index (κ3) is 4.37. The second kappa shape index (κ2) is 8.56. The lowest BCUT2D eigenvalue weighted by Gasteiger charge is -2.02. The molecule has 3 aromatic rings. The minimum atomic E-state index is -0.0554. The summed E-state index contributed by atoms with van der Waals surface area (Å²) in [5, 5.41) is 0. The Labute approximate surface area is 161 Å². The number of aromatic nitrogens is 1. The number of amides is 1. The van der Waals surface area contributed by atoms with E-state index in [1.54, 1.807) is 30.2 Å². The average Bonchev–Trinajstić information content (AvgIpc) is 2.96. The number of nitrogens with zero attached hydrogens (tertiary/aromatic N) is 2. The number of hydrogen-bond acceptors (Lipinski definition) is 4. The molecule has 0 aliphatic rings. The summed E-state index contributed by atoms with van der Waals surface area (Å²) in [6, 6.07) is 14.2. The van der Waals surface area contributed by atoms with Gasteiger partial charge in [0.1, 0.15) is 5.75 Å². The molecule has 26 heavy (non-hydrogen) atoms. The van der Waals surface area contributed by atoms with E-state index >= 15 is 0 Å². The predicted molar refractivity (Wildman–Crippen MR) is 109 cm³/mol. The second-order valence-electron chi connectivity index (χ2n) is 6.00. The van der Waals surface area contributed by atoms with Crippen molar-refractivity contribution >= 4 is 39.2 Å². The third-order valence-electron chi connectivity index (χ3n) is 4.11. The first-order valence-corrected chi connectivity index (χ1v) is 10.3. The number of carbonyl (C=O) groups excluding carboxylic acids is 1. The molecule has 2 aromatic carbocycles. The van der Waals surface area contributed by atoms with Crippen LogP contribution in [0.3, 0.4) is 0 Å². The molecular formula is C20H22N2O2S2. The molecular weight excluding hydrogens is 364 g/mol. The molecule has 0 aliphatic carbocycles. The lowest BCUT2D eigenvalue weighted by Crippen LogP contribution is -2.13. The number of ether oxygens (including phenoxy) is 1. The van der Waals surface area contributed by atoms with Crippen molar-refractivity contribution in [1.29, 1.82) is 0 Å². The molecule has 4 nitrogen and oxygen atoms in total. The van der Waals surface area contributed by atoms with Gasteiger partial charge in [0.2, 0.25) is 5.91 Å². The second-order valence-corrected chi connectivity index (χ2v) is 8.18. The van der Waals surface area contributed by atoms with Gasteiger partial charge in [0.25, 0.3) is 0 Å². The Hall–Kier alpha value is -2.05. The van der Waals surface area contributed by atoms with Gasteiger partial charge in [-0.15, -0.1) is 11.8 Å². The Morgan fingerprint density at radius 3 is 2.69 bits per heavy atom. The largest absolute Gasteiger partial charge is 0.497 e. The molecule has 0 aliphatic heterocycles. The molecule has 0 unspecified atom stereocenters. The van der Waals surface area contributed by atoms with E-state index in [0.717, 1.165) is 32.9 Å². The van der Waals surface area contributed by atoms with Gasteiger partial charge in [0, 0.05) is 18.4 Å². The lowest BCUT2D eigenvalue weighted by molar-refractivity contribution is -0.118. The molecule has 1 amide bonds. The number of carbonyl (C=O) groups is 1. The van der Waals surface area contributed by atoms with Crippen molar-refractivity contribution in [3.8, 4) is 5.75 Å². The summed E-state index contributed by atoms with van der Waals surface area (Å²) in [6.07, 6.45) is 1.28. The topological polar surface area (TPSA) is 43.6 Å². The third-order valence-corrected chi connectivity index (χ3v) is 6.30. The number of rotatable bonds is 6. The summed E-state index contributed by atoms with van der Waals surface area (Å²) < 4.78 is 8.33. The van der Waals surface area contributed by atoms with Crippen molar-refractivity contribution < 1.29 is 9.53 Å². The van der Waals surface area contributed by atoms with Crippen LogP contribution in [0.1, 0.15) is 18.4 Å². The van der Waals surface area contributed by atoms with E-state index in [9.17, 15) is 4.79 Å². The summed E-state index contributed by atoms with van der Waals surface area (Å²) in [4.78, 5) is 18.5. The zero-order chi connectivity index (χ0) is 18.5. The van der Waals surface area contributed by atoms with Crippen LogP contribution in [-0.2, 0) is 11.8 Å². The zero-order valence-electron chi connectivity index (χ0n) is 15.2. The molecule has 3 rings (SSSR count). The first kappa shape index (κ1) is 18.7. The molecule has 0 spiro atoms. The smallest absolute Gasteiger partial charge is 0.248 e. The SMILES string of the molecule is COc1ccc(SCCCC(=O)N=c2sc3cccc(C)c3n2C)cc1. The van der Waals surface area contributed by atoms with Gasteiger partial charge in [-0.2, -0.15) is 4.99 Å². The monoisotopic (exact) mass is 386 g/mol. The fraction of sp³-hybridized carbons (Fsp3) is 0.300. The molecule has 0 saturated heterocycles. The number of benzene rings is 2. The number of thiazole rings is 1. The first-order chi connectivity index (χ1) is 12.6. The van der Waals surface area contributed by atoms with Crippen LogP contribution in [0.4, 0.5) is 0 Å². The highest BCUT2D eigenvalue weighted by molar-refractivity contribution is 7.99. The molecule has 1 aromatic heterocycles. The quantitative estimate of drug-likeness (QED) is 0.461. The summed E-state index contributed by atoms with van der Waals surface area (Å²) in [5.41, 5.74) is 2.35. The molecule has 1 heterocycles. The number of para-hydroxylation sites is 1. The van der Waals surface area contributed by atoms with Crippen LogP contribution in [0.5, 0.6) is 5.75 Å². The van der Waals surface area contributed by atoms with E-state index in [1.165, 1.54) is 10.5 Å². The number of methoxy groups -OCH3 is 1.